The Kier molecular flexibility index (Phi) is 8.23. The van der Waals surface area contributed by atoms with Crippen LogP contribution < -0.4 is 0 Å². The number of hydrogen-bond donors (Lipinski definition) is 2. The van der Waals surface area contributed by atoms with E-state index >= 15 is 0 Å². The smallest absolute Gasteiger partial charge is 0.143 e. The van der Waals surface area contributed by atoms with Crippen molar-refractivity contribution in [3.63, 3.8) is 0 Å². The van der Waals surface area contributed by atoms with Crippen molar-refractivity contribution in [2.45, 2.75) is 0 Å². The first-order chi connectivity index (χ1) is 17.7. The van der Waals surface area contributed by atoms with Crippen molar-refractivity contribution in [3.8, 4) is 11.5 Å². The van der Waals surface area contributed by atoms with Gasteiger partial charge < -0.3 is 10.2 Å². The molecule has 0 radical (unpaired) electrons. The van der Waals surface area contributed by atoms with Crippen LogP contribution in [0.1, 0.15) is 22.8 Å². The summed E-state index contributed by atoms with van der Waals surface area (Å²) in [5.41, 5.74) is 3.45. The van der Waals surface area contributed by atoms with Crippen LogP contribution in [0, 0.1) is 0 Å². The van der Waals surface area contributed by atoms with Crippen molar-refractivity contribution >= 4 is 22.8 Å². The van der Waals surface area contributed by atoms with Crippen molar-refractivity contribution in [1.29, 1.82) is 0 Å². The molecule has 8 nitrogen and oxygen atoms in total. The number of aliphatic imine (C=N–C) groups is 2. The van der Waals surface area contributed by atoms with Gasteiger partial charge in [0.2, 0.25) is 0 Å². The van der Waals surface area contributed by atoms with Gasteiger partial charge in [0, 0.05) is 45.9 Å². The summed E-state index contributed by atoms with van der Waals surface area (Å²) in [5.74, 6) is -0.0362. The molecule has 0 bridgehead atoms. The van der Waals surface area contributed by atoms with Crippen LogP contribution in [0.2, 0.25) is 0 Å². The number of benzene rings is 1. The number of para-hydroxylation sites is 2. The van der Waals surface area contributed by atoms with Crippen molar-refractivity contribution in [2.75, 3.05) is 0 Å². The van der Waals surface area contributed by atoms with Crippen molar-refractivity contribution in [1.82, 2.24) is 19.9 Å². The summed E-state index contributed by atoms with van der Waals surface area (Å²) in [4.78, 5) is 27.2. The normalized spacial score (nSPS) is 11.6. The van der Waals surface area contributed by atoms with Crippen LogP contribution in [0.15, 0.2) is 120 Å². The standard InChI is InChI=1S/C28H20N6O2.Pt/c35-23-13-7-17-31-27(23)25(21-11-3-5-15-29-21)33-19-9-1-2-10-20(19)34-26(22-12-4-6-16-30-22)28-24(36)14-8-18-32-28;/h1-18,35-36H;. The Labute approximate surface area is 227 Å². The summed E-state index contributed by atoms with van der Waals surface area (Å²) >= 11 is 0. The summed E-state index contributed by atoms with van der Waals surface area (Å²) in [6.45, 7) is 0. The molecule has 37 heavy (non-hydrogen) atoms. The average Bonchev–Trinajstić information content (AvgIpc) is 2.93. The van der Waals surface area contributed by atoms with E-state index < -0.39 is 0 Å². The summed E-state index contributed by atoms with van der Waals surface area (Å²) in [7, 11) is 0. The first-order valence-electron chi connectivity index (χ1n) is 11.1. The van der Waals surface area contributed by atoms with E-state index in [9.17, 15) is 10.2 Å². The zero-order valence-electron chi connectivity index (χ0n) is 19.3. The van der Waals surface area contributed by atoms with Gasteiger partial charge in [0.25, 0.3) is 0 Å². The topological polar surface area (TPSA) is 117 Å². The van der Waals surface area contributed by atoms with Crippen molar-refractivity contribution < 1.29 is 31.3 Å². The zero-order valence-corrected chi connectivity index (χ0v) is 21.6. The van der Waals surface area contributed by atoms with Gasteiger partial charge in [-0.3, -0.25) is 19.9 Å². The van der Waals surface area contributed by atoms with E-state index in [0.717, 1.165) is 0 Å². The molecule has 9 heteroatoms. The van der Waals surface area contributed by atoms with E-state index in [-0.39, 0.29) is 32.6 Å². The van der Waals surface area contributed by atoms with Crippen LogP contribution in [0.4, 0.5) is 11.4 Å². The fraction of sp³-hybridized carbons (Fsp3) is 0. The molecule has 0 fully saturated rings. The summed E-state index contributed by atoms with van der Waals surface area (Å²) in [6, 6.07) is 24.5. The van der Waals surface area contributed by atoms with Gasteiger partial charge in [0.15, 0.2) is 0 Å². The molecule has 0 aliphatic rings. The predicted molar refractivity (Wildman–Crippen MR) is 137 cm³/mol. The van der Waals surface area contributed by atoms with Crippen LogP contribution in [0.5, 0.6) is 11.5 Å². The fourth-order valence-corrected chi connectivity index (χ4v) is 3.52. The molecule has 0 atom stereocenters. The quantitative estimate of drug-likeness (QED) is 0.246. The number of hydrogen-bond acceptors (Lipinski definition) is 8. The molecule has 0 unspecified atom stereocenters. The van der Waals surface area contributed by atoms with E-state index in [1.165, 1.54) is 0 Å². The molecule has 0 aliphatic heterocycles. The molecule has 0 aliphatic carbocycles. The number of nitrogens with zero attached hydrogens (tertiary/aromatic N) is 6. The largest absolute Gasteiger partial charge is 0.506 e. The van der Waals surface area contributed by atoms with Gasteiger partial charge in [-0.15, -0.1) is 0 Å². The maximum Gasteiger partial charge on any atom is 0.143 e. The zero-order chi connectivity index (χ0) is 24.7. The second-order valence-electron chi connectivity index (χ2n) is 7.58. The third-order valence-electron chi connectivity index (χ3n) is 5.18. The molecule has 0 amide bonds. The Hall–Kier alpha value is -4.55. The average molecular weight is 668 g/mol. The van der Waals surface area contributed by atoms with Gasteiger partial charge in [0.05, 0.1) is 22.8 Å². The molecule has 0 spiro atoms. The van der Waals surface area contributed by atoms with Crippen LogP contribution in [0.3, 0.4) is 0 Å². The molecule has 0 saturated carbocycles. The predicted octanol–water partition coefficient (Wildman–Crippen LogP) is 5.01. The molecule has 2 N–H and O–H groups in total. The molecule has 0 saturated heterocycles. The maximum absolute atomic E-state index is 10.5. The number of pyridine rings is 4. The molecule has 184 valence electrons. The third kappa shape index (κ3) is 5.82. The van der Waals surface area contributed by atoms with Gasteiger partial charge in [0.1, 0.15) is 34.3 Å². The molecular formula is C28H20N6O2Pt. The number of aromatic hydroxyl groups is 2. The summed E-state index contributed by atoms with van der Waals surface area (Å²) < 4.78 is 0. The molecule has 1 aromatic carbocycles. The Morgan fingerprint density at radius 3 is 1.27 bits per heavy atom. The molecular weight excluding hydrogens is 647 g/mol. The van der Waals surface area contributed by atoms with Crippen LogP contribution in [-0.2, 0) is 21.1 Å². The fourth-order valence-electron chi connectivity index (χ4n) is 3.52. The minimum absolute atomic E-state index is 0. The molecule has 4 aromatic heterocycles. The van der Waals surface area contributed by atoms with Crippen molar-refractivity contribution in [2.24, 2.45) is 9.98 Å². The SMILES string of the molecule is Oc1cccnc1C(=Nc1ccccc1N=C(c1ccccn1)c1ncccc1O)c1ccccn1.[Pt]. The Balaban J connectivity index is 0.00000320. The van der Waals surface area contributed by atoms with E-state index in [4.69, 9.17) is 9.98 Å². The van der Waals surface area contributed by atoms with Gasteiger partial charge in [-0.2, -0.15) is 0 Å². The van der Waals surface area contributed by atoms with E-state index in [0.29, 0.717) is 45.6 Å². The first-order valence-corrected chi connectivity index (χ1v) is 11.1. The minimum atomic E-state index is -0.0181. The monoisotopic (exact) mass is 667 g/mol. The van der Waals surface area contributed by atoms with E-state index in [1.54, 1.807) is 85.5 Å². The van der Waals surface area contributed by atoms with Gasteiger partial charge >= 0.3 is 0 Å². The second kappa shape index (κ2) is 11.9. The second-order valence-corrected chi connectivity index (χ2v) is 7.58. The molecule has 5 aromatic rings. The number of rotatable bonds is 6. The Morgan fingerprint density at radius 2 is 0.892 bits per heavy atom. The molecule has 4 heterocycles. The van der Waals surface area contributed by atoms with Crippen molar-refractivity contribution in [3.05, 3.63) is 132 Å². The Bertz CT molecular complexity index is 1440. The van der Waals surface area contributed by atoms with Gasteiger partial charge in [-0.1, -0.05) is 24.3 Å². The van der Waals surface area contributed by atoms with E-state index in [2.05, 4.69) is 19.9 Å². The van der Waals surface area contributed by atoms with Crippen LogP contribution in [0.25, 0.3) is 0 Å². The first kappa shape index (κ1) is 25.5. The number of aromatic nitrogens is 4. The Morgan fingerprint density at radius 1 is 0.486 bits per heavy atom. The van der Waals surface area contributed by atoms with E-state index in [1.807, 2.05) is 24.3 Å². The van der Waals surface area contributed by atoms with Gasteiger partial charge in [-0.05, 0) is 60.7 Å². The van der Waals surface area contributed by atoms with Crippen LogP contribution >= 0.6 is 0 Å². The molecule has 5 rings (SSSR count). The summed E-state index contributed by atoms with van der Waals surface area (Å²) in [6.07, 6.45) is 6.47. The van der Waals surface area contributed by atoms with Gasteiger partial charge in [-0.25, -0.2) is 9.98 Å². The summed E-state index contributed by atoms with van der Waals surface area (Å²) in [5, 5.41) is 21.0. The maximum atomic E-state index is 10.5. The third-order valence-corrected chi connectivity index (χ3v) is 5.18. The minimum Gasteiger partial charge on any atom is -0.506 e. The van der Waals surface area contributed by atoms with Crippen LogP contribution in [-0.4, -0.2) is 41.6 Å².